The maximum absolute atomic E-state index is 12.7. The van der Waals surface area contributed by atoms with Crippen LogP contribution in [0.15, 0.2) is 35.9 Å². The lowest BCUT2D eigenvalue weighted by Crippen LogP contribution is -2.46. The Bertz CT molecular complexity index is 801. The first kappa shape index (κ1) is 17.8. The lowest BCUT2D eigenvalue weighted by atomic mass is 9.97. The van der Waals surface area contributed by atoms with E-state index in [4.69, 9.17) is 4.74 Å². The van der Waals surface area contributed by atoms with Gasteiger partial charge in [-0.1, -0.05) is 29.8 Å². The summed E-state index contributed by atoms with van der Waals surface area (Å²) in [6, 6.07) is 6.44. The molecule has 0 bridgehead atoms. The number of hydrogen-bond acceptors (Lipinski definition) is 4. The summed E-state index contributed by atoms with van der Waals surface area (Å²) >= 11 is 0. The van der Waals surface area contributed by atoms with E-state index in [1.54, 1.807) is 24.3 Å². The van der Waals surface area contributed by atoms with Gasteiger partial charge in [-0.2, -0.15) is 0 Å². The van der Waals surface area contributed by atoms with Gasteiger partial charge in [-0.25, -0.2) is 4.79 Å². The third kappa shape index (κ3) is 3.48. The summed E-state index contributed by atoms with van der Waals surface area (Å²) in [5.74, 6) is -0.768. The van der Waals surface area contributed by atoms with Crippen LogP contribution in [0.2, 0.25) is 0 Å². The molecule has 2 aliphatic heterocycles. The van der Waals surface area contributed by atoms with Crippen LogP contribution in [0.1, 0.15) is 67.1 Å². The molecule has 0 radical (unpaired) electrons. The monoisotopic (exact) mass is 368 g/mol. The molecule has 6 heteroatoms. The number of ether oxygens (including phenoxy) is 1. The number of carbonyl (C=O) groups excluding carboxylic acids is 3. The Morgan fingerprint density at radius 1 is 1.19 bits per heavy atom. The SMILES string of the molecule is O=C1O[C@@H](N2C(=O)CC[C@H]2C(=O)NCCC2=CCCCC2)c2ccccc21. The van der Waals surface area contributed by atoms with Crippen molar-refractivity contribution in [1.82, 2.24) is 10.2 Å². The Morgan fingerprint density at radius 2 is 2.04 bits per heavy atom. The zero-order valence-electron chi connectivity index (χ0n) is 15.3. The first-order chi connectivity index (χ1) is 13.1. The summed E-state index contributed by atoms with van der Waals surface area (Å²) < 4.78 is 5.44. The van der Waals surface area contributed by atoms with Gasteiger partial charge in [0.05, 0.1) is 5.56 Å². The summed E-state index contributed by atoms with van der Waals surface area (Å²) in [6.07, 6.45) is 7.76. The molecule has 3 aliphatic rings. The molecule has 1 aromatic rings. The van der Waals surface area contributed by atoms with Crippen molar-refractivity contribution in [2.75, 3.05) is 6.54 Å². The third-order valence-corrected chi connectivity index (χ3v) is 5.61. The Kier molecular flexibility index (Phi) is 4.97. The topological polar surface area (TPSA) is 75.7 Å². The lowest BCUT2D eigenvalue weighted by Gasteiger charge is -2.29. The Morgan fingerprint density at radius 3 is 2.85 bits per heavy atom. The summed E-state index contributed by atoms with van der Waals surface area (Å²) in [5, 5.41) is 2.97. The predicted octanol–water partition coefficient (Wildman–Crippen LogP) is 2.85. The van der Waals surface area contributed by atoms with E-state index in [9.17, 15) is 14.4 Å². The van der Waals surface area contributed by atoms with Crippen molar-refractivity contribution in [2.45, 2.75) is 57.2 Å². The van der Waals surface area contributed by atoms with Crippen LogP contribution in [-0.2, 0) is 14.3 Å². The van der Waals surface area contributed by atoms with E-state index in [-0.39, 0.29) is 11.8 Å². The molecule has 1 aliphatic carbocycles. The fourth-order valence-electron chi connectivity index (χ4n) is 4.18. The molecular weight excluding hydrogens is 344 g/mol. The van der Waals surface area contributed by atoms with Crippen LogP contribution in [0.3, 0.4) is 0 Å². The highest BCUT2D eigenvalue weighted by Crippen LogP contribution is 2.38. The number of likely N-dealkylation sites (tertiary alicyclic amines) is 1. The first-order valence-corrected chi connectivity index (χ1v) is 9.72. The number of nitrogens with zero attached hydrogens (tertiary/aromatic N) is 1. The summed E-state index contributed by atoms with van der Waals surface area (Å²) in [6.45, 7) is 0.574. The fraction of sp³-hybridized carbons (Fsp3) is 0.476. The van der Waals surface area contributed by atoms with Crippen molar-refractivity contribution >= 4 is 17.8 Å². The van der Waals surface area contributed by atoms with Gasteiger partial charge in [0.15, 0.2) is 0 Å². The number of hydrogen-bond donors (Lipinski definition) is 1. The molecule has 1 aromatic carbocycles. The molecule has 4 rings (SSSR count). The highest BCUT2D eigenvalue weighted by atomic mass is 16.6. The number of esters is 1. The average molecular weight is 368 g/mol. The van der Waals surface area contributed by atoms with Gasteiger partial charge >= 0.3 is 5.97 Å². The molecule has 2 heterocycles. The number of cyclic esters (lactones) is 1. The highest BCUT2D eigenvalue weighted by Gasteiger charge is 2.46. The van der Waals surface area contributed by atoms with E-state index >= 15 is 0 Å². The molecular formula is C21H24N2O4. The molecule has 6 nitrogen and oxygen atoms in total. The predicted molar refractivity (Wildman–Crippen MR) is 98.6 cm³/mol. The zero-order valence-corrected chi connectivity index (χ0v) is 15.3. The second-order valence-corrected chi connectivity index (χ2v) is 7.35. The molecule has 142 valence electrons. The van der Waals surface area contributed by atoms with Crippen molar-refractivity contribution in [3.05, 3.63) is 47.0 Å². The van der Waals surface area contributed by atoms with Crippen molar-refractivity contribution in [1.29, 1.82) is 0 Å². The zero-order chi connectivity index (χ0) is 18.8. The number of fused-ring (bicyclic) bond motifs is 1. The molecule has 0 aromatic heterocycles. The molecule has 1 fully saturated rings. The smallest absolute Gasteiger partial charge is 0.340 e. The van der Waals surface area contributed by atoms with Crippen molar-refractivity contribution < 1.29 is 19.1 Å². The van der Waals surface area contributed by atoms with Crippen LogP contribution in [0.5, 0.6) is 0 Å². The molecule has 0 spiro atoms. The second-order valence-electron chi connectivity index (χ2n) is 7.35. The van der Waals surface area contributed by atoms with Crippen molar-refractivity contribution in [2.24, 2.45) is 0 Å². The molecule has 1 N–H and O–H groups in total. The van der Waals surface area contributed by atoms with E-state index < -0.39 is 18.2 Å². The van der Waals surface area contributed by atoms with Gasteiger partial charge in [0.2, 0.25) is 18.0 Å². The number of allylic oxidation sites excluding steroid dienone is 1. The summed E-state index contributed by atoms with van der Waals surface area (Å²) in [5.41, 5.74) is 2.52. The average Bonchev–Trinajstić information content (AvgIpc) is 3.23. The fourth-order valence-corrected chi connectivity index (χ4v) is 4.18. The molecule has 27 heavy (non-hydrogen) atoms. The van der Waals surface area contributed by atoms with Crippen LogP contribution in [-0.4, -0.2) is 35.3 Å². The van der Waals surface area contributed by atoms with Gasteiger partial charge in [-0.05, 0) is 44.6 Å². The van der Waals surface area contributed by atoms with E-state index in [0.29, 0.717) is 30.5 Å². The number of benzene rings is 1. The van der Waals surface area contributed by atoms with Crippen LogP contribution in [0.25, 0.3) is 0 Å². The highest BCUT2D eigenvalue weighted by molar-refractivity contribution is 5.96. The number of nitrogens with one attached hydrogen (secondary N) is 1. The molecule has 2 amide bonds. The van der Waals surface area contributed by atoms with Crippen LogP contribution in [0, 0.1) is 0 Å². The summed E-state index contributed by atoms with van der Waals surface area (Å²) in [4.78, 5) is 38.7. The maximum atomic E-state index is 12.7. The quantitative estimate of drug-likeness (QED) is 0.640. The molecule has 0 saturated carbocycles. The molecule has 1 saturated heterocycles. The van der Waals surface area contributed by atoms with Crippen molar-refractivity contribution in [3.63, 3.8) is 0 Å². The Hall–Kier alpha value is -2.63. The minimum absolute atomic E-state index is 0.153. The van der Waals surface area contributed by atoms with E-state index in [2.05, 4.69) is 11.4 Å². The molecule has 2 atom stereocenters. The first-order valence-electron chi connectivity index (χ1n) is 9.72. The van der Waals surface area contributed by atoms with E-state index in [0.717, 1.165) is 19.3 Å². The largest absolute Gasteiger partial charge is 0.433 e. The minimum atomic E-state index is -0.805. The lowest BCUT2D eigenvalue weighted by molar-refractivity contribution is -0.145. The Balaban J connectivity index is 1.43. The molecule has 0 unspecified atom stereocenters. The van der Waals surface area contributed by atoms with Crippen molar-refractivity contribution in [3.8, 4) is 0 Å². The Labute approximate surface area is 158 Å². The van der Waals surface area contributed by atoms with Crippen LogP contribution < -0.4 is 5.32 Å². The van der Waals surface area contributed by atoms with Gasteiger partial charge in [-0.15, -0.1) is 0 Å². The van der Waals surface area contributed by atoms with Gasteiger partial charge in [0, 0.05) is 18.5 Å². The van der Waals surface area contributed by atoms with Crippen LogP contribution >= 0.6 is 0 Å². The van der Waals surface area contributed by atoms with Crippen LogP contribution in [0.4, 0.5) is 0 Å². The number of amides is 2. The number of carbonyl (C=O) groups is 3. The normalized spacial score (nSPS) is 24.4. The van der Waals surface area contributed by atoms with Gasteiger partial charge in [0.25, 0.3) is 0 Å². The van der Waals surface area contributed by atoms with Gasteiger partial charge in [-0.3, -0.25) is 14.5 Å². The van der Waals surface area contributed by atoms with E-state index in [1.165, 1.54) is 23.3 Å². The van der Waals surface area contributed by atoms with Gasteiger partial charge in [0.1, 0.15) is 6.04 Å². The number of rotatable bonds is 5. The van der Waals surface area contributed by atoms with Gasteiger partial charge < -0.3 is 10.1 Å². The minimum Gasteiger partial charge on any atom is -0.433 e. The second kappa shape index (κ2) is 7.55. The van der Waals surface area contributed by atoms with E-state index in [1.807, 2.05) is 0 Å². The third-order valence-electron chi connectivity index (χ3n) is 5.61. The maximum Gasteiger partial charge on any atom is 0.340 e. The summed E-state index contributed by atoms with van der Waals surface area (Å²) in [7, 11) is 0. The standard InChI is InChI=1S/C21H24N2O4/c24-18-11-10-17(19(25)22-13-12-14-6-2-1-3-7-14)23(18)20-15-8-4-5-9-16(15)21(26)27-20/h4-6,8-9,17,20H,1-3,7,10-13H2,(H,22,25)/t17-,20+/m0/s1.